The summed E-state index contributed by atoms with van der Waals surface area (Å²) in [5, 5.41) is 0. The molecule has 0 bridgehead atoms. The summed E-state index contributed by atoms with van der Waals surface area (Å²) >= 11 is 0. The van der Waals surface area contributed by atoms with Crippen molar-refractivity contribution in [3.63, 3.8) is 0 Å². The normalized spacial score (nSPS) is 19.3. The maximum Gasteiger partial charge on any atom is 0.313 e. The molecule has 0 heterocycles. The zero-order chi connectivity index (χ0) is 12.9. The predicted octanol–water partition coefficient (Wildman–Crippen LogP) is 3.66. The molecule has 1 atom stereocenters. The number of carbonyl (C=O) groups is 1. The van der Waals surface area contributed by atoms with Gasteiger partial charge in [0.2, 0.25) is 6.29 Å². The Labute approximate surface area is 105 Å². The van der Waals surface area contributed by atoms with Gasteiger partial charge in [-0.25, -0.2) is 0 Å². The lowest BCUT2D eigenvalue weighted by Gasteiger charge is -2.26. The second-order valence-electron chi connectivity index (χ2n) is 5.52. The highest BCUT2D eigenvalue weighted by Gasteiger charge is 2.30. The van der Waals surface area contributed by atoms with Gasteiger partial charge < -0.3 is 9.47 Å². The maximum atomic E-state index is 11.9. The molecule has 1 aliphatic rings. The van der Waals surface area contributed by atoms with Crippen LogP contribution in [-0.4, -0.2) is 18.4 Å². The highest BCUT2D eigenvalue weighted by atomic mass is 16.7. The van der Waals surface area contributed by atoms with Crippen molar-refractivity contribution < 1.29 is 14.3 Å². The van der Waals surface area contributed by atoms with Gasteiger partial charge in [-0.05, 0) is 33.1 Å². The van der Waals surface area contributed by atoms with Crippen molar-refractivity contribution in [2.75, 3.05) is 0 Å². The Kier molecular flexibility index (Phi) is 5.44. The molecule has 1 rings (SSSR count). The average Bonchev–Trinajstić information content (AvgIpc) is 2.80. The molecule has 0 aromatic heterocycles. The van der Waals surface area contributed by atoms with Gasteiger partial charge in [0.15, 0.2) is 0 Å². The first-order valence-electron chi connectivity index (χ1n) is 6.86. The van der Waals surface area contributed by atoms with E-state index < -0.39 is 5.41 Å². The first-order valence-corrected chi connectivity index (χ1v) is 6.86. The predicted molar refractivity (Wildman–Crippen MR) is 67.6 cm³/mol. The van der Waals surface area contributed by atoms with Crippen LogP contribution in [0.5, 0.6) is 0 Å². The molecule has 17 heavy (non-hydrogen) atoms. The van der Waals surface area contributed by atoms with Crippen LogP contribution in [0.3, 0.4) is 0 Å². The van der Waals surface area contributed by atoms with Gasteiger partial charge in [0.05, 0.1) is 11.5 Å². The number of rotatable bonds is 6. The maximum absolute atomic E-state index is 11.9. The third kappa shape index (κ3) is 4.30. The molecule has 3 nitrogen and oxygen atoms in total. The van der Waals surface area contributed by atoms with Gasteiger partial charge in [-0.1, -0.05) is 26.7 Å². The summed E-state index contributed by atoms with van der Waals surface area (Å²) in [6.07, 6.45) is 6.10. The number of carbonyl (C=O) groups excluding carboxylic acids is 1. The minimum atomic E-state index is -0.410. The van der Waals surface area contributed by atoms with Crippen molar-refractivity contribution in [1.82, 2.24) is 0 Å². The Balaban J connectivity index is 2.43. The van der Waals surface area contributed by atoms with Gasteiger partial charge in [-0.15, -0.1) is 0 Å². The molecule has 1 saturated carbocycles. The fraction of sp³-hybridized carbons (Fsp3) is 0.929. The van der Waals surface area contributed by atoms with E-state index in [4.69, 9.17) is 9.47 Å². The highest BCUT2D eigenvalue weighted by molar-refractivity contribution is 5.75. The van der Waals surface area contributed by atoms with Crippen LogP contribution in [0.4, 0.5) is 0 Å². The van der Waals surface area contributed by atoms with Crippen LogP contribution >= 0.6 is 0 Å². The number of hydrogen-bond acceptors (Lipinski definition) is 3. The van der Waals surface area contributed by atoms with Gasteiger partial charge in [-0.2, -0.15) is 0 Å². The van der Waals surface area contributed by atoms with Crippen LogP contribution in [0, 0.1) is 5.41 Å². The first-order chi connectivity index (χ1) is 7.99. The second kappa shape index (κ2) is 6.39. The summed E-state index contributed by atoms with van der Waals surface area (Å²) < 4.78 is 11.3. The van der Waals surface area contributed by atoms with Gasteiger partial charge in [-0.3, -0.25) is 4.79 Å². The van der Waals surface area contributed by atoms with Crippen LogP contribution in [0.15, 0.2) is 0 Å². The van der Waals surface area contributed by atoms with E-state index in [0.717, 1.165) is 25.7 Å². The van der Waals surface area contributed by atoms with E-state index in [2.05, 4.69) is 0 Å². The molecular formula is C14H26O3. The highest BCUT2D eigenvalue weighted by Crippen LogP contribution is 2.26. The summed E-state index contributed by atoms with van der Waals surface area (Å²) in [5.74, 6) is -0.148. The molecule has 3 heteroatoms. The molecule has 0 radical (unpaired) electrons. The van der Waals surface area contributed by atoms with Crippen molar-refractivity contribution in [3.05, 3.63) is 0 Å². The minimum absolute atomic E-state index is 0.148. The molecule has 0 aromatic rings. The van der Waals surface area contributed by atoms with Crippen molar-refractivity contribution in [1.29, 1.82) is 0 Å². The van der Waals surface area contributed by atoms with E-state index in [9.17, 15) is 4.79 Å². The summed E-state index contributed by atoms with van der Waals surface area (Å²) in [6.45, 7) is 7.82. The molecule has 0 aliphatic heterocycles. The Hall–Kier alpha value is -0.570. The van der Waals surface area contributed by atoms with E-state index >= 15 is 0 Å². The second-order valence-corrected chi connectivity index (χ2v) is 5.52. The standard InChI is InChI=1S/C14H26O3/c1-5-12(16-11-9-7-8-10-11)17-13(15)14(3,4)6-2/h11-12H,5-10H2,1-4H3. The molecular weight excluding hydrogens is 216 g/mol. The molecule has 100 valence electrons. The Bertz CT molecular complexity index is 242. The third-order valence-corrected chi connectivity index (χ3v) is 3.65. The number of hydrogen-bond donors (Lipinski definition) is 0. The van der Waals surface area contributed by atoms with Gasteiger partial charge in [0.1, 0.15) is 0 Å². The van der Waals surface area contributed by atoms with Crippen LogP contribution in [0.25, 0.3) is 0 Å². The number of ether oxygens (including phenoxy) is 2. The first kappa shape index (κ1) is 14.5. The average molecular weight is 242 g/mol. The molecule has 0 aromatic carbocycles. The largest absolute Gasteiger partial charge is 0.435 e. The zero-order valence-electron chi connectivity index (χ0n) is 11.6. The smallest absolute Gasteiger partial charge is 0.313 e. The van der Waals surface area contributed by atoms with Crippen LogP contribution in [-0.2, 0) is 14.3 Å². The molecule has 0 amide bonds. The quantitative estimate of drug-likeness (QED) is 0.526. The lowest BCUT2D eigenvalue weighted by Crippen LogP contribution is -2.32. The van der Waals surface area contributed by atoms with E-state index in [1.54, 1.807) is 0 Å². The van der Waals surface area contributed by atoms with Crippen molar-refractivity contribution in [2.24, 2.45) is 5.41 Å². The Morgan fingerprint density at radius 3 is 2.35 bits per heavy atom. The van der Waals surface area contributed by atoms with E-state index in [0.29, 0.717) is 0 Å². The van der Waals surface area contributed by atoms with E-state index in [1.165, 1.54) is 12.8 Å². The van der Waals surface area contributed by atoms with Gasteiger partial charge >= 0.3 is 5.97 Å². The summed E-state index contributed by atoms with van der Waals surface area (Å²) in [7, 11) is 0. The van der Waals surface area contributed by atoms with E-state index in [-0.39, 0.29) is 18.4 Å². The molecule has 0 N–H and O–H groups in total. The number of esters is 1. The van der Waals surface area contributed by atoms with Crippen LogP contribution < -0.4 is 0 Å². The lowest BCUT2D eigenvalue weighted by atomic mass is 9.91. The molecule has 0 saturated heterocycles. The van der Waals surface area contributed by atoms with Crippen molar-refractivity contribution in [2.45, 2.75) is 78.6 Å². The van der Waals surface area contributed by atoms with Gasteiger partial charge in [0, 0.05) is 6.42 Å². The fourth-order valence-electron chi connectivity index (χ4n) is 1.87. The Morgan fingerprint density at radius 2 is 1.88 bits per heavy atom. The zero-order valence-corrected chi connectivity index (χ0v) is 11.6. The topological polar surface area (TPSA) is 35.5 Å². The summed E-state index contributed by atoms with van der Waals surface area (Å²) in [6, 6.07) is 0. The van der Waals surface area contributed by atoms with Gasteiger partial charge in [0.25, 0.3) is 0 Å². The van der Waals surface area contributed by atoms with E-state index in [1.807, 2.05) is 27.7 Å². The SMILES string of the molecule is CCC(OC(=O)C(C)(C)CC)OC1CCCC1. The molecule has 1 aliphatic carbocycles. The molecule has 1 fully saturated rings. The molecule has 1 unspecified atom stereocenters. The third-order valence-electron chi connectivity index (χ3n) is 3.65. The fourth-order valence-corrected chi connectivity index (χ4v) is 1.87. The Morgan fingerprint density at radius 1 is 1.29 bits per heavy atom. The molecule has 0 spiro atoms. The van der Waals surface area contributed by atoms with Crippen LogP contribution in [0.1, 0.15) is 66.2 Å². The lowest BCUT2D eigenvalue weighted by molar-refractivity contribution is -0.198. The summed E-state index contributed by atoms with van der Waals surface area (Å²) in [5.41, 5.74) is -0.410. The monoisotopic (exact) mass is 242 g/mol. The summed E-state index contributed by atoms with van der Waals surface area (Å²) in [4.78, 5) is 11.9. The van der Waals surface area contributed by atoms with Crippen molar-refractivity contribution >= 4 is 5.97 Å². The van der Waals surface area contributed by atoms with Crippen LogP contribution in [0.2, 0.25) is 0 Å². The minimum Gasteiger partial charge on any atom is -0.435 e. The van der Waals surface area contributed by atoms with Crippen molar-refractivity contribution in [3.8, 4) is 0 Å².